The second-order valence-corrected chi connectivity index (χ2v) is 7.26. The van der Waals surface area contributed by atoms with Crippen molar-refractivity contribution in [3.05, 3.63) is 0 Å². The van der Waals surface area contributed by atoms with E-state index in [9.17, 15) is 9.59 Å². The smallest absolute Gasteiger partial charge is 0.243 e. The van der Waals surface area contributed by atoms with Gasteiger partial charge in [-0.3, -0.25) is 9.59 Å². The second kappa shape index (κ2) is 4.44. The summed E-state index contributed by atoms with van der Waals surface area (Å²) in [5.74, 6) is 0.961. The maximum atomic E-state index is 12.3. The molecule has 0 spiro atoms. The summed E-state index contributed by atoms with van der Waals surface area (Å²) in [6.07, 6.45) is 6.09. The second-order valence-electron chi connectivity index (χ2n) is 5.76. The van der Waals surface area contributed by atoms with Crippen LogP contribution >= 0.6 is 11.8 Å². The number of fused-ring (bicyclic) bond motifs is 1. The van der Waals surface area contributed by atoms with Gasteiger partial charge in [0.25, 0.3) is 0 Å². The fourth-order valence-electron chi connectivity index (χ4n) is 3.38. The van der Waals surface area contributed by atoms with Crippen LogP contribution in [0.1, 0.15) is 45.4 Å². The van der Waals surface area contributed by atoms with Gasteiger partial charge in [-0.05, 0) is 26.2 Å². The number of rotatable bonds is 2. The minimum absolute atomic E-state index is 0.0633. The molecule has 3 rings (SSSR count). The fourth-order valence-corrected chi connectivity index (χ4v) is 4.81. The Labute approximate surface area is 112 Å². The van der Waals surface area contributed by atoms with Gasteiger partial charge in [-0.1, -0.05) is 12.8 Å². The number of amides is 2. The Kier molecular flexibility index (Phi) is 3.04. The maximum Gasteiger partial charge on any atom is 0.243 e. The predicted octanol–water partition coefficient (Wildman–Crippen LogP) is 1.50. The van der Waals surface area contributed by atoms with Gasteiger partial charge in [0.1, 0.15) is 6.04 Å². The highest BCUT2D eigenvalue weighted by Crippen LogP contribution is 2.47. The monoisotopic (exact) mass is 268 g/mol. The fraction of sp³-hybridized carbons (Fsp3) is 0.846. The van der Waals surface area contributed by atoms with Crippen LogP contribution in [0.25, 0.3) is 0 Å². The van der Waals surface area contributed by atoms with E-state index < -0.39 is 0 Å². The van der Waals surface area contributed by atoms with E-state index in [4.69, 9.17) is 0 Å². The van der Waals surface area contributed by atoms with Gasteiger partial charge in [-0.2, -0.15) is 0 Å². The largest absolute Gasteiger partial charge is 0.352 e. The average Bonchev–Trinajstić information content (AvgIpc) is 2.99. The van der Waals surface area contributed by atoms with E-state index in [0.717, 1.165) is 25.0 Å². The van der Waals surface area contributed by atoms with E-state index in [2.05, 4.69) is 12.2 Å². The summed E-state index contributed by atoms with van der Waals surface area (Å²) < 4.78 is 0. The van der Waals surface area contributed by atoms with Crippen molar-refractivity contribution >= 4 is 23.6 Å². The Bertz CT molecular complexity index is 381. The maximum absolute atomic E-state index is 12.3. The van der Waals surface area contributed by atoms with Crippen molar-refractivity contribution in [1.29, 1.82) is 0 Å². The lowest BCUT2D eigenvalue weighted by Gasteiger charge is -2.30. The first kappa shape index (κ1) is 12.3. The van der Waals surface area contributed by atoms with E-state index >= 15 is 0 Å². The van der Waals surface area contributed by atoms with Crippen LogP contribution in [0.2, 0.25) is 0 Å². The Morgan fingerprint density at radius 1 is 1.44 bits per heavy atom. The Morgan fingerprint density at radius 3 is 2.89 bits per heavy atom. The lowest BCUT2D eigenvalue weighted by atomic mass is 10.2. The summed E-state index contributed by atoms with van der Waals surface area (Å²) in [5.41, 5.74) is 0. The molecule has 18 heavy (non-hydrogen) atoms. The van der Waals surface area contributed by atoms with Crippen LogP contribution in [-0.4, -0.2) is 39.4 Å². The van der Waals surface area contributed by atoms with Gasteiger partial charge in [0, 0.05) is 18.2 Å². The minimum Gasteiger partial charge on any atom is -0.352 e. The van der Waals surface area contributed by atoms with E-state index in [1.807, 2.05) is 4.90 Å². The number of hydrogen-bond donors (Lipinski definition) is 1. The first-order valence-corrected chi connectivity index (χ1v) is 7.85. The molecule has 1 aliphatic carbocycles. The highest BCUT2D eigenvalue weighted by molar-refractivity contribution is 8.01. The molecule has 1 N–H and O–H groups in total. The molecule has 100 valence electrons. The Balaban J connectivity index is 1.68. The molecule has 2 atom stereocenters. The third kappa shape index (κ3) is 1.92. The van der Waals surface area contributed by atoms with Crippen LogP contribution in [0, 0.1) is 0 Å². The van der Waals surface area contributed by atoms with Crippen molar-refractivity contribution < 1.29 is 9.59 Å². The van der Waals surface area contributed by atoms with E-state index in [1.165, 1.54) is 12.8 Å². The number of carbonyl (C=O) groups is 2. The first-order valence-electron chi connectivity index (χ1n) is 6.87. The lowest BCUT2D eigenvalue weighted by Crippen LogP contribution is -2.51. The molecule has 2 saturated heterocycles. The average molecular weight is 268 g/mol. The van der Waals surface area contributed by atoms with Crippen molar-refractivity contribution in [2.45, 2.75) is 62.4 Å². The minimum atomic E-state index is -0.240. The highest BCUT2D eigenvalue weighted by Gasteiger charge is 2.53. The molecular formula is C13H20N2O2S. The molecule has 1 saturated carbocycles. The Hall–Kier alpha value is -0.710. The van der Waals surface area contributed by atoms with Crippen LogP contribution in [-0.2, 0) is 9.59 Å². The van der Waals surface area contributed by atoms with Crippen molar-refractivity contribution in [2.24, 2.45) is 0 Å². The number of nitrogens with one attached hydrogen (secondary N) is 1. The summed E-state index contributed by atoms with van der Waals surface area (Å²) in [5, 5.41) is 3.13. The summed E-state index contributed by atoms with van der Waals surface area (Å²) in [6.45, 7) is 2.09. The highest BCUT2D eigenvalue weighted by atomic mass is 32.2. The normalized spacial score (nSPS) is 36.2. The number of hydrogen-bond acceptors (Lipinski definition) is 3. The molecule has 5 heteroatoms. The van der Waals surface area contributed by atoms with Gasteiger partial charge in [0.2, 0.25) is 11.8 Å². The zero-order valence-corrected chi connectivity index (χ0v) is 11.6. The van der Waals surface area contributed by atoms with Crippen molar-refractivity contribution in [2.75, 3.05) is 5.75 Å². The molecule has 0 aromatic rings. The van der Waals surface area contributed by atoms with Crippen LogP contribution in [0.4, 0.5) is 0 Å². The molecule has 0 aromatic heterocycles. The van der Waals surface area contributed by atoms with E-state index in [1.54, 1.807) is 11.8 Å². The summed E-state index contributed by atoms with van der Waals surface area (Å²) in [6, 6.07) is 0.0997. The molecular weight excluding hydrogens is 248 g/mol. The molecule has 4 nitrogen and oxygen atoms in total. The predicted molar refractivity (Wildman–Crippen MR) is 71.1 cm³/mol. The molecule has 2 heterocycles. The SMILES string of the molecule is CC12CCC(=O)N1C(C(=O)NC1CCCC1)CS2. The number of thioether (sulfide) groups is 1. The Morgan fingerprint density at radius 2 is 2.17 bits per heavy atom. The number of nitrogens with zero attached hydrogens (tertiary/aromatic N) is 1. The molecule has 2 aliphatic heterocycles. The zero-order valence-electron chi connectivity index (χ0n) is 10.8. The van der Waals surface area contributed by atoms with Crippen LogP contribution in [0.3, 0.4) is 0 Å². The topological polar surface area (TPSA) is 49.4 Å². The standard InChI is InChI=1S/C13H20N2O2S/c1-13-7-6-11(16)15(13)10(8-18-13)12(17)14-9-4-2-3-5-9/h9-10H,2-8H2,1H3,(H,14,17). The summed E-state index contributed by atoms with van der Waals surface area (Å²) in [7, 11) is 0. The van der Waals surface area contributed by atoms with Crippen LogP contribution in [0.15, 0.2) is 0 Å². The zero-order chi connectivity index (χ0) is 12.8. The van der Waals surface area contributed by atoms with Crippen molar-refractivity contribution in [3.8, 4) is 0 Å². The van der Waals surface area contributed by atoms with E-state index in [-0.39, 0.29) is 22.7 Å². The first-order chi connectivity index (χ1) is 8.60. The van der Waals surface area contributed by atoms with Crippen molar-refractivity contribution in [3.63, 3.8) is 0 Å². The molecule has 0 radical (unpaired) electrons. The third-order valence-electron chi connectivity index (χ3n) is 4.45. The molecule has 3 aliphatic rings. The molecule has 2 amide bonds. The molecule has 0 aromatic carbocycles. The van der Waals surface area contributed by atoms with Gasteiger partial charge >= 0.3 is 0 Å². The molecule has 3 fully saturated rings. The van der Waals surface area contributed by atoms with Gasteiger partial charge in [-0.15, -0.1) is 11.8 Å². The van der Waals surface area contributed by atoms with Crippen LogP contribution < -0.4 is 5.32 Å². The lowest BCUT2D eigenvalue weighted by molar-refractivity contribution is -0.138. The molecule has 0 bridgehead atoms. The van der Waals surface area contributed by atoms with Gasteiger partial charge < -0.3 is 10.2 Å². The van der Waals surface area contributed by atoms with Crippen molar-refractivity contribution in [1.82, 2.24) is 10.2 Å². The quantitative estimate of drug-likeness (QED) is 0.825. The van der Waals surface area contributed by atoms with Gasteiger partial charge in [-0.25, -0.2) is 0 Å². The molecule has 2 unspecified atom stereocenters. The number of carbonyl (C=O) groups excluding carboxylic acids is 2. The van der Waals surface area contributed by atoms with Gasteiger partial charge in [0.05, 0.1) is 4.87 Å². The summed E-state index contributed by atoms with van der Waals surface area (Å²) >= 11 is 1.76. The van der Waals surface area contributed by atoms with Gasteiger partial charge in [0.15, 0.2) is 0 Å². The van der Waals surface area contributed by atoms with E-state index in [0.29, 0.717) is 12.5 Å². The summed E-state index contributed by atoms with van der Waals surface area (Å²) in [4.78, 5) is 26.0. The van der Waals surface area contributed by atoms with Crippen LogP contribution in [0.5, 0.6) is 0 Å². The third-order valence-corrected chi connectivity index (χ3v) is 5.95.